The van der Waals surface area contributed by atoms with Crippen molar-refractivity contribution >= 4 is 5.97 Å². The molecule has 0 amide bonds. The molecule has 0 aromatic rings. The van der Waals surface area contributed by atoms with Gasteiger partial charge in [0.2, 0.25) is 0 Å². The zero-order valence-corrected chi connectivity index (χ0v) is 14.5. The molecule has 0 aromatic carbocycles. The summed E-state index contributed by atoms with van der Waals surface area (Å²) in [6.07, 6.45) is 7.86. The summed E-state index contributed by atoms with van der Waals surface area (Å²) < 4.78 is 0. The number of rotatable bonds is 1. The van der Waals surface area contributed by atoms with Crippen LogP contribution in [0.3, 0.4) is 0 Å². The van der Waals surface area contributed by atoms with Crippen molar-refractivity contribution < 1.29 is 15.0 Å². The van der Waals surface area contributed by atoms with E-state index in [4.69, 9.17) is 0 Å². The standard InChI is InChI=1S/C20H30O3/c1-12-13-5-6-15-18(2)8-4-9-19(3,17(22)23)14(18)7-10-20(15,11-13)16(12)21/h13-16,21H,1,4-11H2,2-3H3,(H,22,23)/t13?,14-,15-,16+,18+,19+,20+/m0/s1. The van der Waals surface area contributed by atoms with Gasteiger partial charge in [-0.2, -0.15) is 0 Å². The van der Waals surface area contributed by atoms with Gasteiger partial charge in [-0.05, 0) is 80.6 Å². The fraction of sp³-hybridized carbons (Fsp3) is 0.850. The molecule has 1 unspecified atom stereocenters. The van der Waals surface area contributed by atoms with Crippen LogP contribution in [0.4, 0.5) is 0 Å². The fourth-order valence-corrected chi connectivity index (χ4v) is 7.62. The predicted molar refractivity (Wildman–Crippen MR) is 88.8 cm³/mol. The summed E-state index contributed by atoms with van der Waals surface area (Å²) >= 11 is 0. The summed E-state index contributed by atoms with van der Waals surface area (Å²) in [6.45, 7) is 8.53. The van der Waals surface area contributed by atoms with Crippen LogP contribution in [0.5, 0.6) is 0 Å². The second-order valence-corrected chi connectivity index (χ2v) is 9.41. The Morgan fingerprint density at radius 2 is 1.87 bits per heavy atom. The van der Waals surface area contributed by atoms with E-state index in [-0.39, 0.29) is 22.9 Å². The highest BCUT2D eigenvalue weighted by atomic mass is 16.4. The quantitative estimate of drug-likeness (QED) is 0.718. The Kier molecular flexibility index (Phi) is 3.15. The zero-order chi connectivity index (χ0) is 16.6. The van der Waals surface area contributed by atoms with Gasteiger partial charge in [0.05, 0.1) is 11.5 Å². The Morgan fingerprint density at radius 3 is 2.57 bits per heavy atom. The van der Waals surface area contributed by atoms with Gasteiger partial charge in [-0.25, -0.2) is 0 Å². The monoisotopic (exact) mass is 318 g/mol. The van der Waals surface area contributed by atoms with Crippen molar-refractivity contribution in [3.05, 3.63) is 12.2 Å². The Hall–Kier alpha value is -0.830. The normalized spacial score (nSPS) is 55.2. The second kappa shape index (κ2) is 4.62. The van der Waals surface area contributed by atoms with Crippen molar-refractivity contribution in [2.24, 2.45) is 34.0 Å². The van der Waals surface area contributed by atoms with Crippen LogP contribution < -0.4 is 0 Å². The molecule has 2 bridgehead atoms. The van der Waals surface area contributed by atoms with Gasteiger partial charge in [0.25, 0.3) is 0 Å². The van der Waals surface area contributed by atoms with Gasteiger partial charge in [-0.1, -0.05) is 19.9 Å². The molecule has 4 aliphatic carbocycles. The zero-order valence-electron chi connectivity index (χ0n) is 14.5. The number of hydrogen-bond acceptors (Lipinski definition) is 2. The molecular formula is C20H30O3. The van der Waals surface area contributed by atoms with E-state index < -0.39 is 11.4 Å². The van der Waals surface area contributed by atoms with Crippen molar-refractivity contribution in [3.8, 4) is 0 Å². The molecular weight excluding hydrogens is 288 g/mol. The fourth-order valence-electron chi connectivity index (χ4n) is 7.62. The summed E-state index contributed by atoms with van der Waals surface area (Å²) in [5, 5.41) is 20.9. The van der Waals surface area contributed by atoms with Crippen LogP contribution in [0.2, 0.25) is 0 Å². The summed E-state index contributed by atoms with van der Waals surface area (Å²) in [4.78, 5) is 12.0. The molecule has 3 heteroatoms. The van der Waals surface area contributed by atoms with Gasteiger partial charge < -0.3 is 10.2 Å². The summed E-state index contributed by atoms with van der Waals surface area (Å²) in [7, 11) is 0. The predicted octanol–water partition coefficient (Wildman–Crippen LogP) is 4.01. The van der Waals surface area contributed by atoms with Crippen LogP contribution in [-0.4, -0.2) is 22.3 Å². The number of aliphatic hydroxyl groups is 1. The lowest BCUT2D eigenvalue weighted by molar-refractivity contribution is -0.190. The van der Waals surface area contributed by atoms with Gasteiger partial charge in [0.1, 0.15) is 0 Å². The second-order valence-electron chi connectivity index (χ2n) is 9.41. The third-order valence-corrected chi connectivity index (χ3v) is 8.70. The number of carboxylic acids is 1. The molecule has 0 aromatic heterocycles. The first-order chi connectivity index (χ1) is 10.8. The highest BCUT2D eigenvalue weighted by Gasteiger charge is 2.67. The highest BCUT2D eigenvalue weighted by molar-refractivity contribution is 5.75. The highest BCUT2D eigenvalue weighted by Crippen LogP contribution is 2.72. The lowest BCUT2D eigenvalue weighted by Crippen LogP contribution is -2.60. The number of carboxylic acid groups (broad SMARTS) is 1. The third-order valence-electron chi connectivity index (χ3n) is 8.70. The van der Waals surface area contributed by atoms with Gasteiger partial charge in [-0.3, -0.25) is 4.79 Å². The van der Waals surface area contributed by atoms with Gasteiger partial charge in [-0.15, -0.1) is 0 Å². The van der Waals surface area contributed by atoms with Gasteiger partial charge >= 0.3 is 5.97 Å². The molecule has 0 aliphatic heterocycles. The molecule has 4 saturated carbocycles. The third kappa shape index (κ3) is 1.72. The smallest absolute Gasteiger partial charge is 0.309 e. The molecule has 4 rings (SSSR count). The maximum atomic E-state index is 12.0. The number of aliphatic hydroxyl groups excluding tert-OH is 1. The molecule has 7 atom stereocenters. The molecule has 3 nitrogen and oxygen atoms in total. The van der Waals surface area contributed by atoms with E-state index in [0.717, 1.165) is 56.9 Å². The first kappa shape index (κ1) is 15.7. The molecule has 4 fully saturated rings. The molecule has 128 valence electrons. The van der Waals surface area contributed by atoms with Crippen LogP contribution in [-0.2, 0) is 4.79 Å². The van der Waals surface area contributed by atoms with Crippen molar-refractivity contribution in [1.29, 1.82) is 0 Å². The molecule has 0 heterocycles. The van der Waals surface area contributed by atoms with E-state index in [1.54, 1.807) is 0 Å². The first-order valence-electron chi connectivity index (χ1n) is 9.36. The molecule has 4 aliphatic rings. The van der Waals surface area contributed by atoms with Crippen LogP contribution in [0.25, 0.3) is 0 Å². The topological polar surface area (TPSA) is 57.5 Å². The largest absolute Gasteiger partial charge is 0.481 e. The Labute approximate surface area is 139 Å². The van der Waals surface area contributed by atoms with Crippen molar-refractivity contribution in [1.82, 2.24) is 0 Å². The summed E-state index contributed by atoms with van der Waals surface area (Å²) in [5.41, 5.74) is 0.514. The number of aliphatic carboxylic acids is 1. The first-order valence-corrected chi connectivity index (χ1v) is 9.36. The van der Waals surface area contributed by atoms with Gasteiger partial charge in [0, 0.05) is 5.41 Å². The van der Waals surface area contributed by atoms with Crippen LogP contribution >= 0.6 is 0 Å². The average molecular weight is 318 g/mol. The minimum Gasteiger partial charge on any atom is -0.481 e. The number of hydrogen-bond donors (Lipinski definition) is 2. The minimum absolute atomic E-state index is 0.0119. The maximum absolute atomic E-state index is 12.0. The molecule has 23 heavy (non-hydrogen) atoms. The molecule has 0 saturated heterocycles. The van der Waals surface area contributed by atoms with Crippen LogP contribution in [0.1, 0.15) is 65.2 Å². The van der Waals surface area contributed by atoms with E-state index >= 15 is 0 Å². The molecule has 0 radical (unpaired) electrons. The van der Waals surface area contributed by atoms with E-state index in [1.807, 2.05) is 6.92 Å². The van der Waals surface area contributed by atoms with E-state index in [0.29, 0.717) is 11.8 Å². The van der Waals surface area contributed by atoms with E-state index in [1.165, 1.54) is 0 Å². The van der Waals surface area contributed by atoms with Crippen LogP contribution in [0.15, 0.2) is 12.2 Å². The minimum atomic E-state index is -0.616. The molecule has 1 spiro atoms. The maximum Gasteiger partial charge on any atom is 0.309 e. The van der Waals surface area contributed by atoms with Gasteiger partial charge in [0.15, 0.2) is 0 Å². The lowest BCUT2D eigenvalue weighted by atomic mass is 9.40. The van der Waals surface area contributed by atoms with Crippen LogP contribution in [0, 0.1) is 34.0 Å². The number of fused-ring (bicyclic) bond motifs is 3. The Bertz CT molecular complexity index is 569. The number of carbonyl (C=O) groups is 1. The van der Waals surface area contributed by atoms with Crippen molar-refractivity contribution in [2.75, 3.05) is 0 Å². The van der Waals surface area contributed by atoms with Crippen molar-refractivity contribution in [2.45, 2.75) is 71.3 Å². The lowest BCUT2D eigenvalue weighted by Gasteiger charge is -2.63. The van der Waals surface area contributed by atoms with E-state index in [2.05, 4.69) is 13.5 Å². The Morgan fingerprint density at radius 1 is 1.13 bits per heavy atom. The Balaban J connectivity index is 1.78. The van der Waals surface area contributed by atoms with E-state index in [9.17, 15) is 15.0 Å². The summed E-state index contributed by atoms with van der Waals surface area (Å²) in [6, 6.07) is 0. The SMILES string of the molecule is C=C1C2CC[C@H]3[C@]4(C)CCC[C@@](C)(C(=O)O)[C@H]4CC[C@]3(C2)[C@@H]1O. The molecule has 2 N–H and O–H groups in total. The van der Waals surface area contributed by atoms with Crippen molar-refractivity contribution in [3.63, 3.8) is 0 Å². The average Bonchev–Trinajstić information content (AvgIpc) is 2.68. The summed E-state index contributed by atoms with van der Waals surface area (Å²) in [5.74, 6) is 0.581.